The van der Waals surface area contributed by atoms with Crippen molar-refractivity contribution in [2.75, 3.05) is 6.54 Å². The fourth-order valence-corrected chi connectivity index (χ4v) is 2.46. The molecule has 0 bridgehead atoms. The lowest BCUT2D eigenvalue weighted by atomic mass is 9.94. The molecule has 2 rings (SSSR count). The fraction of sp³-hybridized carbons (Fsp3) is 0.900. The van der Waals surface area contributed by atoms with Gasteiger partial charge in [0.2, 0.25) is 5.91 Å². The first-order valence-electron chi connectivity index (χ1n) is 5.25. The summed E-state index contributed by atoms with van der Waals surface area (Å²) < 4.78 is 0. The highest BCUT2D eigenvalue weighted by Gasteiger charge is 2.33. The number of carbonyl (C=O) groups excluding carboxylic acids is 1. The second-order valence-corrected chi connectivity index (χ2v) is 4.20. The summed E-state index contributed by atoms with van der Waals surface area (Å²) in [5.74, 6) is 0.152. The van der Waals surface area contributed by atoms with Gasteiger partial charge in [0.1, 0.15) is 0 Å². The number of nitrogens with zero attached hydrogens (tertiary/aromatic N) is 1. The number of carbonyl (C=O) groups is 1. The van der Waals surface area contributed by atoms with Crippen LogP contribution in [-0.2, 0) is 4.79 Å². The molecule has 1 atom stereocenters. The molecule has 0 radical (unpaired) electrons. The zero-order valence-corrected chi connectivity index (χ0v) is 7.91. The van der Waals surface area contributed by atoms with E-state index in [1.165, 1.54) is 19.3 Å². The van der Waals surface area contributed by atoms with Crippen LogP contribution in [0.15, 0.2) is 0 Å². The van der Waals surface area contributed by atoms with Crippen LogP contribution in [0.2, 0.25) is 0 Å². The molecule has 1 saturated carbocycles. The molecule has 1 unspecified atom stereocenters. The Morgan fingerprint density at radius 2 is 1.92 bits per heavy atom. The Labute approximate surface area is 78.7 Å². The number of likely N-dealkylation sites (tertiary alicyclic amines) is 1. The van der Waals surface area contributed by atoms with E-state index in [-0.39, 0.29) is 5.91 Å². The Balaban J connectivity index is 1.95. The number of rotatable bonds is 1. The van der Waals surface area contributed by atoms with Gasteiger partial charge in [-0.2, -0.15) is 0 Å². The van der Waals surface area contributed by atoms with E-state index in [4.69, 9.17) is 0 Å². The van der Waals surface area contributed by atoms with Crippen molar-refractivity contribution in [3.8, 4) is 0 Å². The van der Waals surface area contributed by atoms with Gasteiger partial charge in [-0.15, -0.1) is 0 Å². The Bertz CT molecular complexity index is 199. The lowest BCUT2D eigenvalue weighted by Crippen LogP contribution is -2.38. The van der Waals surface area contributed by atoms with E-state index < -0.39 is 6.10 Å². The largest absolute Gasteiger partial charge is 0.391 e. The van der Waals surface area contributed by atoms with Gasteiger partial charge in [0, 0.05) is 12.6 Å². The molecule has 0 aromatic rings. The van der Waals surface area contributed by atoms with Gasteiger partial charge in [0.15, 0.2) is 0 Å². The van der Waals surface area contributed by atoms with Crippen molar-refractivity contribution < 1.29 is 9.90 Å². The van der Waals surface area contributed by atoms with Crippen molar-refractivity contribution in [2.24, 2.45) is 0 Å². The van der Waals surface area contributed by atoms with E-state index >= 15 is 0 Å². The number of hydrogen-bond acceptors (Lipinski definition) is 2. The van der Waals surface area contributed by atoms with Gasteiger partial charge in [-0.25, -0.2) is 0 Å². The minimum absolute atomic E-state index is 0.152. The molecule has 0 aromatic carbocycles. The summed E-state index contributed by atoms with van der Waals surface area (Å²) >= 11 is 0. The fourth-order valence-electron chi connectivity index (χ4n) is 2.46. The zero-order chi connectivity index (χ0) is 9.26. The number of hydrogen-bond donors (Lipinski definition) is 1. The minimum Gasteiger partial charge on any atom is -0.391 e. The van der Waals surface area contributed by atoms with E-state index in [2.05, 4.69) is 0 Å². The van der Waals surface area contributed by atoms with Gasteiger partial charge in [-0.1, -0.05) is 19.3 Å². The molecule has 1 saturated heterocycles. The van der Waals surface area contributed by atoms with Crippen LogP contribution in [0.4, 0.5) is 0 Å². The van der Waals surface area contributed by atoms with E-state index in [9.17, 15) is 9.90 Å². The topological polar surface area (TPSA) is 40.5 Å². The van der Waals surface area contributed by atoms with Gasteiger partial charge in [-0.05, 0) is 12.8 Å². The van der Waals surface area contributed by atoms with Crippen molar-refractivity contribution in [2.45, 2.75) is 50.7 Å². The molecule has 1 aliphatic carbocycles. The third-order valence-electron chi connectivity index (χ3n) is 3.15. The van der Waals surface area contributed by atoms with Crippen LogP contribution in [0.3, 0.4) is 0 Å². The van der Waals surface area contributed by atoms with Crippen LogP contribution in [-0.4, -0.2) is 34.6 Å². The highest BCUT2D eigenvalue weighted by atomic mass is 16.3. The third kappa shape index (κ3) is 1.85. The van der Waals surface area contributed by atoms with Crippen molar-refractivity contribution in [3.63, 3.8) is 0 Å². The molecular weight excluding hydrogens is 166 g/mol. The molecular formula is C10H17NO2. The second-order valence-electron chi connectivity index (χ2n) is 4.20. The molecule has 1 N–H and O–H groups in total. The molecule has 0 aromatic heterocycles. The van der Waals surface area contributed by atoms with Crippen LogP contribution < -0.4 is 0 Å². The number of aliphatic hydroxyl groups is 1. The maximum Gasteiger partial charge on any atom is 0.225 e. The molecule has 3 nitrogen and oxygen atoms in total. The number of amides is 1. The van der Waals surface area contributed by atoms with Gasteiger partial charge in [0.05, 0.1) is 12.5 Å². The predicted molar refractivity (Wildman–Crippen MR) is 49.2 cm³/mol. The Morgan fingerprint density at radius 3 is 2.46 bits per heavy atom. The van der Waals surface area contributed by atoms with E-state index in [0.717, 1.165) is 12.8 Å². The molecule has 1 heterocycles. The van der Waals surface area contributed by atoms with Crippen LogP contribution >= 0.6 is 0 Å². The maximum atomic E-state index is 11.4. The van der Waals surface area contributed by atoms with E-state index in [1.54, 1.807) is 0 Å². The van der Waals surface area contributed by atoms with Gasteiger partial charge >= 0.3 is 0 Å². The highest BCUT2D eigenvalue weighted by molar-refractivity contribution is 5.79. The molecule has 74 valence electrons. The summed E-state index contributed by atoms with van der Waals surface area (Å²) in [6.07, 6.45) is 6.00. The van der Waals surface area contributed by atoms with Gasteiger partial charge in [-0.3, -0.25) is 4.79 Å². The standard InChI is InChI=1S/C10H17NO2/c12-9-6-10(13)11(7-9)8-4-2-1-3-5-8/h8-9,12H,1-7H2. The molecule has 1 amide bonds. The predicted octanol–water partition coefficient (Wildman–Crippen LogP) is 0.912. The lowest BCUT2D eigenvalue weighted by molar-refractivity contribution is -0.130. The number of aliphatic hydroxyl groups excluding tert-OH is 1. The van der Waals surface area contributed by atoms with Crippen molar-refractivity contribution in [1.82, 2.24) is 4.90 Å². The first-order chi connectivity index (χ1) is 6.27. The van der Waals surface area contributed by atoms with Gasteiger partial charge in [0.25, 0.3) is 0 Å². The summed E-state index contributed by atoms with van der Waals surface area (Å²) in [7, 11) is 0. The maximum absolute atomic E-state index is 11.4. The summed E-state index contributed by atoms with van der Waals surface area (Å²) in [6.45, 7) is 0.573. The summed E-state index contributed by atoms with van der Waals surface area (Å²) in [6, 6.07) is 0.429. The average Bonchev–Trinajstić information content (AvgIpc) is 2.47. The van der Waals surface area contributed by atoms with E-state index in [0.29, 0.717) is 19.0 Å². The van der Waals surface area contributed by atoms with Crippen LogP contribution in [0.1, 0.15) is 38.5 Å². The summed E-state index contributed by atoms with van der Waals surface area (Å²) in [5, 5.41) is 9.34. The Hall–Kier alpha value is -0.570. The van der Waals surface area contributed by atoms with Crippen LogP contribution in [0.5, 0.6) is 0 Å². The van der Waals surface area contributed by atoms with Crippen molar-refractivity contribution in [1.29, 1.82) is 0 Å². The normalized spacial score (nSPS) is 31.3. The third-order valence-corrected chi connectivity index (χ3v) is 3.15. The van der Waals surface area contributed by atoms with Crippen LogP contribution in [0.25, 0.3) is 0 Å². The molecule has 3 heteroatoms. The smallest absolute Gasteiger partial charge is 0.225 e. The van der Waals surface area contributed by atoms with Crippen molar-refractivity contribution in [3.05, 3.63) is 0 Å². The highest BCUT2D eigenvalue weighted by Crippen LogP contribution is 2.26. The second kappa shape index (κ2) is 3.66. The molecule has 2 fully saturated rings. The minimum atomic E-state index is -0.408. The monoisotopic (exact) mass is 183 g/mol. The van der Waals surface area contributed by atoms with E-state index in [1.807, 2.05) is 4.90 Å². The lowest BCUT2D eigenvalue weighted by Gasteiger charge is -2.30. The molecule has 0 spiro atoms. The SMILES string of the molecule is O=C1CC(O)CN1C1CCCCC1. The first-order valence-corrected chi connectivity index (χ1v) is 5.25. The molecule has 2 aliphatic rings. The van der Waals surface area contributed by atoms with Gasteiger partial charge < -0.3 is 10.0 Å². The average molecular weight is 183 g/mol. The summed E-state index contributed by atoms with van der Waals surface area (Å²) in [4.78, 5) is 13.3. The summed E-state index contributed by atoms with van der Waals surface area (Å²) in [5.41, 5.74) is 0. The Kier molecular flexibility index (Phi) is 2.54. The van der Waals surface area contributed by atoms with Crippen molar-refractivity contribution >= 4 is 5.91 Å². The quantitative estimate of drug-likeness (QED) is 0.656. The first kappa shape index (κ1) is 9.00. The molecule has 1 aliphatic heterocycles. The number of β-amino-alcohol motifs (C(OH)–C–C–N with tert-alkyl or cyclic N) is 1. The van der Waals surface area contributed by atoms with Crippen LogP contribution in [0, 0.1) is 0 Å². The molecule has 13 heavy (non-hydrogen) atoms. The Morgan fingerprint density at radius 1 is 1.23 bits per heavy atom. The zero-order valence-electron chi connectivity index (χ0n) is 7.91.